The van der Waals surface area contributed by atoms with Gasteiger partial charge in [0, 0.05) is 5.56 Å². The number of nitrogens with zero attached hydrogens (tertiary/aromatic N) is 3. The first kappa shape index (κ1) is 11.7. The summed E-state index contributed by atoms with van der Waals surface area (Å²) in [5.74, 6) is -0.332. The molecule has 0 spiro atoms. The van der Waals surface area contributed by atoms with E-state index in [4.69, 9.17) is 9.84 Å². The van der Waals surface area contributed by atoms with Crippen LogP contribution >= 0.6 is 11.3 Å². The summed E-state index contributed by atoms with van der Waals surface area (Å²) in [6, 6.07) is 7.51. The Balaban J connectivity index is 2.11. The number of methoxy groups -OCH3 is 1. The van der Waals surface area contributed by atoms with Crippen LogP contribution in [-0.2, 0) is 0 Å². The number of benzene rings is 1. The smallest absolute Gasteiger partial charge is 0.367 e. The number of rotatable bonds is 3. The summed E-state index contributed by atoms with van der Waals surface area (Å²) in [5.41, 5.74) is 1.55. The number of carbonyl (C=O) groups is 1. The van der Waals surface area contributed by atoms with E-state index in [9.17, 15) is 4.79 Å². The average Bonchev–Trinajstić information content (AvgIpc) is 2.96. The lowest BCUT2D eigenvalue weighted by molar-refractivity contribution is 0.0695. The van der Waals surface area contributed by atoms with Gasteiger partial charge in [0.25, 0.3) is 0 Å². The van der Waals surface area contributed by atoms with Gasteiger partial charge >= 0.3 is 5.97 Å². The first-order chi connectivity index (χ1) is 9.19. The summed E-state index contributed by atoms with van der Waals surface area (Å²) in [6.07, 6.45) is 1.69. The van der Waals surface area contributed by atoms with E-state index in [0.717, 1.165) is 16.9 Å². The summed E-state index contributed by atoms with van der Waals surface area (Å²) in [6.45, 7) is 0. The lowest BCUT2D eigenvalue weighted by Crippen LogP contribution is -1.95. The Morgan fingerprint density at radius 3 is 2.89 bits per heavy atom. The van der Waals surface area contributed by atoms with Gasteiger partial charge in [0.15, 0.2) is 0 Å². The molecule has 19 heavy (non-hydrogen) atoms. The van der Waals surface area contributed by atoms with Crippen LogP contribution in [0, 0.1) is 0 Å². The predicted molar refractivity (Wildman–Crippen MR) is 69.8 cm³/mol. The molecule has 0 fully saturated rings. The second kappa shape index (κ2) is 4.36. The minimum Gasteiger partial charge on any atom is -0.496 e. The standard InChI is InChI=1S/C12H9N3O3S/c1-18-9-5-3-2-4-7(9)8-6-15-12(13-8)19-10(14-15)11(16)17/h2-6H,1H3,(H,16,17). The molecule has 3 aromatic rings. The van der Waals surface area contributed by atoms with Gasteiger partial charge in [-0.1, -0.05) is 23.5 Å². The number of carboxylic acids is 1. The number of ether oxygens (including phenoxy) is 1. The van der Waals surface area contributed by atoms with Crippen molar-refractivity contribution < 1.29 is 14.6 Å². The number of aromatic carboxylic acids is 1. The summed E-state index contributed by atoms with van der Waals surface area (Å²) < 4.78 is 6.74. The fraction of sp³-hybridized carbons (Fsp3) is 0.0833. The summed E-state index contributed by atoms with van der Waals surface area (Å²) in [4.78, 5) is 15.7. The van der Waals surface area contributed by atoms with Crippen LogP contribution in [0.3, 0.4) is 0 Å². The third kappa shape index (κ3) is 1.93. The first-order valence-corrected chi connectivity index (χ1v) is 6.23. The fourth-order valence-electron chi connectivity index (χ4n) is 1.77. The molecular formula is C12H9N3O3S. The maximum absolute atomic E-state index is 10.8. The Morgan fingerprint density at radius 1 is 1.42 bits per heavy atom. The van der Waals surface area contributed by atoms with Gasteiger partial charge in [-0.25, -0.2) is 14.3 Å². The Labute approximate surface area is 111 Å². The molecule has 96 valence electrons. The molecule has 6 nitrogen and oxygen atoms in total. The van der Waals surface area contributed by atoms with Gasteiger partial charge in [-0.05, 0) is 12.1 Å². The number of hydrogen-bond acceptors (Lipinski definition) is 5. The van der Waals surface area contributed by atoms with Crippen LogP contribution in [0.15, 0.2) is 30.5 Å². The van der Waals surface area contributed by atoms with E-state index in [1.807, 2.05) is 24.3 Å². The molecule has 7 heteroatoms. The van der Waals surface area contributed by atoms with Crippen LogP contribution in [0.1, 0.15) is 9.80 Å². The minimum atomic E-state index is -1.05. The van der Waals surface area contributed by atoms with Gasteiger partial charge in [-0.3, -0.25) is 0 Å². The molecule has 0 unspecified atom stereocenters. The number of hydrogen-bond donors (Lipinski definition) is 1. The Kier molecular flexibility index (Phi) is 2.68. The average molecular weight is 275 g/mol. The molecule has 0 amide bonds. The molecule has 0 bridgehead atoms. The molecular weight excluding hydrogens is 266 g/mol. The number of imidazole rings is 1. The molecule has 2 aromatic heterocycles. The highest BCUT2D eigenvalue weighted by molar-refractivity contribution is 7.18. The van der Waals surface area contributed by atoms with Crippen LogP contribution in [0.2, 0.25) is 0 Å². The lowest BCUT2D eigenvalue weighted by Gasteiger charge is -2.04. The van der Waals surface area contributed by atoms with E-state index < -0.39 is 5.97 Å². The molecule has 3 rings (SSSR count). The van der Waals surface area contributed by atoms with Crippen LogP contribution in [0.4, 0.5) is 0 Å². The molecule has 1 N–H and O–H groups in total. The number of para-hydroxylation sites is 1. The summed E-state index contributed by atoms with van der Waals surface area (Å²) in [5, 5.41) is 12.8. The zero-order valence-corrected chi connectivity index (χ0v) is 10.7. The molecule has 2 heterocycles. The van der Waals surface area contributed by atoms with Gasteiger partial charge in [0.05, 0.1) is 19.0 Å². The van der Waals surface area contributed by atoms with Gasteiger partial charge < -0.3 is 9.84 Å². The van der Waals surface area contributed by atoms with Crippen LogP contribution in [-0.4, -0.2) is 32.8 Å². The van der Waals surface area contributed by atoms with Crippen molar-refractivity contribution in [2.45, 2.75) is 0 Å². The van der Waals surface area contributed by atoms with Crippen molar-refractivity contribution in [1.82, 2.24) is 14.6 Å². The number of aromatic nitrogens is 3. The van der Waals surface area contributed by atoms with Crippen molar-refractivity contribution in [2.75, 3.05) is 7.11 Å². The van der Waals surface area contributed by atoms with Crippen molar-refractivity contribution in [3.05, 3.63) is 35.5 Å². The van der Waals surface area contributed by atoms with E-state index in [2.05, 4.69) is 10.1 Å². The van der Waals surface area contributed by atoms with E-state index in [0.29, 0.717) is 16.4 Å². The van der Waals surface area contributed by atoms with Crippen molar-refractivity contribution in [3.8, 4) is 17.0 Å². The Morgan fingerprint density at radius 2 is 2.21 bits per heavy atom. The molecule has 0 radical (unpaired) electrons. The molecule has 0 saturated heterocycles. The van der Waals surface area contributed by atoms with Crippen molar-refractivity contribution >= 4 is 22.3 Å². The number of carboxylic acid groups (broad SMARTS) is 1. The van der Waals surface area contributed by atoms with Gasteiger partial charge in [-0.15, -0.1) is 5.10 Å². The van der Waals surface area contributed by atoms with E-state index >= 15 is 0 Å². The zero-order valence-electron chi connectivity index (χ0n) is 9.90. The molecule has 0 aliphatic heterocycles. The summed E-state index contributed by atoms with van der Waals surface area (Å²) in [7, 11) is 1.60. The molecule has 0 atom stereocenters. The highest BCUT2D eigenvalue weighted by Gasteiger charge is 2.15. The molecule has 0 aliphatic carbocycles. The van der Waals surface area contributed by atoms with Gasteiger partial charge in [0.1, 0.15) is 5.75 Å². The van der Waals surface area contributed by atoms with Crippen molar-refractivity contribution in [1.29, 1.82) is 0 Å². The van der Waals surface area contributed by atoms with Crippen LogP contribution in [0.25, 0.3) is 16.2 Å². The predicted octanol–water partition coefficient (Wildman–Crippen LogP) is 2.16. The fourth-order valence-corrected chi connectivity index (χ4v) is 2.49. The third-order valence-electron chi connectivity index (χ3n) is 2.61. The Bertz CT molecular complexity index is 731. The van der Waals surface area contributed by atoms with Gasteiger partial charge in [-0.2, -0.15) is 0 Å². The second-order valence-corrected chi connectivity index (χ2v) is 4.72. The lowest BCUT2D eigenvalue weighted by atomic mass is 10.1. The minimum absolute atomic E-state index is 0.0223. The number of fused-ring (bicyclic) bond motifs is 1. The maximum Gasteiger partial charge on any atom is 0.367 e. The first-order valence-electron chi connectivity index (χ1n) is 5.42. The highest BCUT2D eigenvalue weighted by atomic mass is 32.1. The molecule has 0 aliphatic rings. The van der Waals surface area contributed by atoms with E-state index in [-0.39, 0.29) is 5.01 Å². The van der Waals surface area contributed by atoms with E-state index in [1.54, 1.807) is 13.3 Å². The largest absolute Gasteiger partial charge is 0.496 e. The van der Waals surface area contributed by atoms with E-state index in [1.165, 1.54) is 4.52 Å². The molecule has 0 saturated carbocycles. The van der Waals surface area contributed by atoms with Gasteiger partial charge in [0.2, 0.25) is 9.97 Å². The maximum atomic E-state index is 10.8. The third-order valence-corrected chi connectivity index (χ3v) is 3.52. The SMILES string of the molecule is COc1ccccc1-c1cn2nc(C(=O)O)sc2n1. The Hall–Kier alpha value is -2.41. The topological polar surface area (TPSA) is 76.7 Å². The summed E-state index contributed by atoms with van der Waals surface area (Å²) >= 11 is 1.03. The zero-order chi connectivity index (χ0) is 13.4. The van der Waals surface area contributed by atoms with Crippen molar-refractivity contribution in [2.24, 2.45) is 0 Å². The monoisotopic (exact) mass is 275 g/mol. The highest BCUT2D eigenvalue weighted by Crippen LogP contribution is 2.29. The molecule has 1 aromatic carbocycles. The quantitative estimate of drug-likeness (QED) is 0.792. The second-order valence-electron chi connectivity index (χ2n) is 3.77. The van der Waals surface area contributed by atoms with Crippen molar-refractivity contribution in [3.63, 3.8) is 0 Å². The van der Waals surface area contributed by atoms with Crippen LogP contribution in [0.5, 0.6) is 5.75 Å². The normalized spacial score (nSPS) is 10.8. The van der Waals surface area contributed by atoms with Crippen LogP contribution < -0.4 is 4.74 Å².